The van der Waals surface area contributed by atoms with Gasteiger partial charge in [-0.1, -0.05) is 36.9 Å². The summed E-state index contributed by atoms with van der Waals surface area (Å²) in [5, 5.41) is 14.6. The van der Waals surface area contributed by atoms with E-state index in [-0.39, 0.29) is 5.69 Å². The average molecular weight is 297 g/mol. The number of hydrogen-bond donors (Lipinski definition) is 1. The molecule has 1 aliphatic carbocycles. The lowest BCUT2D eigenvalue weighted by molar-refractivity contribution is -0.384. The van der Waals surface area contributed by atoms with Crippen molar-refractivity contribution in [2.24, 2.45) is 5.92 Å². The third-order valence-corrected chi connectivity index (χ3v) is 4.33. The van der Waals surface area contributed by atoms with Crippen LogP contribution in [0.5, 0.6) is 0 Å². The first-order chi connectivity index (χ1) is 9.66. The van der Waals surface area contributed by atoms with Crippen molar-refractivity contribution in [3.8, 4) is 0 Å². The fraction of sp³-hybridized carbons (Fsp3) is 0.600. The molecule has 0 saturated heterocycles. The van der Waals surface area contributed by atoms with Crippen LogP contribution in [0.1, 0.15) is 37.7 Å². The zero-order chi connectivity index (χ0) is 14.4. The standard InChI is InChI=1S/C15H21ClN2O2/c16-15-10-14(18(19)20)7-6-13(15)8-9-17-11-12-4-2-1-3-5-12/h6-7,10,12,17H,1-5,8-9,11H2. The molecule has 4 nitrogen and oxygen atoms in total. The van der Waals surface area contributed by atoms with Crippen LogP contribution in [0.4, 0.5) is 5.69 Å². The van der Waals surface area contributed by atoms with Crippen molar-refractivity contribution in [2.45, 2.75) is 38.5 Å². The van der Waals surface area contributed by atoms with Gasteiger partial charge in [0.1, 0.15) is 0 Å². The Hall–Kier alpha value is -1.13. The molecular formula is C15H21ClN2O2. The van der Waals surface area contributed by atoms with E-state index < -0.39 is 4.92 Å². The molecule has 0 spiro atoms. The Bertz CT molecular complexity index is 459. The van der Waals surface area contributed by atoms with Gasteiger partial charge in [-0.3, -0.25) is 10.1 Å². The van der Waals surface area contributed by atoms with Gasteiger partial charge in [0.2, 0.25) is 0 Å². The molecule has 1 saturated carbocycles. The largest absolute Gasteiger partial charge is 0.316 e. The molecule has 0 unspecified atom stereocenters. The Morgan fingerprint density at radius 3 is 2.70 bits per heavy atom. The van der Waals surface area contributed by atoms with Crippen molar-refractivity contribution in [3.05, 3.63) is 38.9 Å². The van der Waals surface area contributed by atoms with Crippen LogP contribution in [0, 0.1) is 16.0 Å². The van der Waals surface area contributed by atoms with Gasteiger partial charge in [0.15, 0.2) is 0 Å². The third-order valence-electron chi connectivity index (χ3n) is 3.98. The van der Waals surface area contributed by atoms with Gasteiger partial charge in [-0.05, 0) is 43.8 Å². The maximum Gasteiger partial charge on any atom is 0.270 e. The Balaban J connectivity index is 1.74. The number of hydrogen-bond acceptors (Lipinski definition) is 3. The third kappa shape index (κ3) is 4.46. The zero-order valence-corrected chi connectivity index (χ0v) is 12.4. The number of rotatable bonds is 6. The molecular weight excluding hydrogens is 276 g/mol. The number of nitrogens with zero attached hydrogens (tertiary/aromatic N) is 1. The highest BCUT2D eigenvalue weighted by atomic mass is 35.5. The van der Waals surface area contributed by atoms with Crippen LogP contribution >= 0.6 is 11.6 Å². The van der Waals surface area contributed by atoms with E-state index in [0.29, 0.717) is 5.02 Å². The van der Waals surface area contributed by atoms with Gasteiger partial charge >= 0.3 is 0 Å². The van der Waals surface area contributed by atoms with E-state index in [1.54, 1.807) is 6.07 Å². The molecule has 0 amide bonds. The van der Waals surface area contributed by atoms with E-state index in [4.69, 9.17) is 11.6 Å². The summed E-state index contributed by atoms with van der Waals surface area (Å²) in [5.41, 5.74) is 1.02. The highest BCUT2D eigenvalue weighted by molar-refractivity contribution is 6.31. The number of benzene rings is 1. The highest BCUT2D eigenvalue weighted by Crippen LogP contribution is 2.24. The predicted molar refractivity (Wildman–Crippen MR) is 81.3 cm³/mol. The van der Waals surface area contributed by atoms with Crippen molar-refractivity contribution in [2.75, 3.05) is 13.1 Å². The van der Waals surface area contributed by atoms with Crippen molar-refractivity contribution in [3.63, 3.8) is 0 Å². The first kappa shape index (κ1) is 15.3. The van der Waals surface area contributed by atoms with Crippen LogP contribution in [0.3, 0.4) is 0 Å². The quantitative estimate of drug-likeness (QED) is 0.491. The first-order valence-electron chi connectivity index (χ1n) is 7.30. The number of halogens is 1. The van der Waals surface area contributed by atoms with Crippen LogP contribution in [0.15, 0.2) is 18.2 Å². The van der Waals surface area contributed by atoms with E-state index in [1.165, 1.54) is 44.2 Å². The van der Waals surface area contributed by atoms with Gasteiger partial charge in [0.05, 0.1) is 9.95 Å². The average Bonchev–Trinajstić information content (AvgIpc) is 2.46. The van der Waals surface area contributed by atoms with Gasteiger partial charge in [0, 0.05) is 12.1 Å². The summed E-state index contributed by atoms with van der Waals surface area (Å²) >= 11 is 6.07. The van der Waals surface area contributed by atoms with E-state index in [9.17, 15) is 10.1 Å². The van der Waals surface area contributed by atoms with Crippen LogP contribution < -0.4 is 5.32 Å². The van der Waals surface area contributed by atoms with Gasteiger partial charge in [-0.15, -0.1) is 0 Å². The summed E-state index contributed by atoms with van der Waals surface area (Å²) in [6.07, 6.45) is 7.59. The zero-order valence-electron chi connectivity index (χ0n) is 11.6. The number of nitro groups is 1. The number of nitrogens with one attached hydrogen (secondary N) is 1. The summed E-state index contributed by atoms with van der Waals surface area (Å²) < 4.78 is 0. The molecule has 1 aromatic rings. The van der Waals surface area contributed by atoms with E-state index >= 15 is 0 Å². The molecule has 0 radical (unpaired) electrons. The van der Waals surface area contributed by atoms with Crippen molar-refractivity contribution in [1.29, 1.82) is 0 Å². The number of nitro benzene ring substituents is 1. The molecule has 0 heterocycles. The van der Waals surface area contributed by atoms with E-state index in [2.05, 4.69) is 5.32 Å². The molecule has 110 valence electrons. The monoisotopic (exact) mass is 296 g/mol. The van der Waals surface area contributed by atoms with Crippen LogP contribution in [-0.2, 0) is 6.42 Å². The molecule has 20 heavy (non-hydrogen) atoms. The molecule has 1 fully saturated rings. The lowest BCUT2D eigenvalue weighted by Crippen LogP contribution is -2.26. The summed E-state index contributed by atoms with van der Waals surface area (Å²) in [7, 11) is 0. The molecule has 5 heteroatoms. The molecule has 1 aromatic carbocycles. The first-order valence-corrected chi connectivity index (χ1v) is 7.68. The fourth-order valence-electron chi connectivity index (χ4n) is 2.77. The van der Waals surface area contributed by atoms with E-state index in [1.807, 2.05) is 0 Å². The van der Waals surface area contributed by atoms with Gasteiger partial charge in [-0.2, -0.15) is 0 Å². The maximum atomic E-state index is 10.6. The second-order valence-corrected chi connectivity index (χ2v) is 5.90. The van der Waals surface area contributed by atoms with Crippen molar-refractivity contribution >= 4 is 17.3 Å². The minimum absolute atomic E-state index is 0.0499. The minimum atomic E-state index is -0.420. The topological polar surface area (TPSA) is 55.2 Å². The second-order valence-electron chi connectivity index (χ2n) is 5.49. The molecule has 1 aliphatic rings. The second kappa shape index (κ2) is 7.60. The summed E-state index contributed by atoms with van der Waals surface area (Å²) in [6, 6.07) is 4.70. The van der Waals surface area contributed by atoms with Gasteiger partial charge in [0.25, 0.3) is 5.69 Å². The summed E-state index contributed by atoms with van der Waals surface area (Å²) in [4.78, 5) is 10.2. The Kier molecular flexibility index (Phi) is 5.80. The lowest BCUT2D eigenvalue weighted by atomic mass is 9.89. The molecule has 0 aromatic heterocycles. The normalized spacial score (nSPS) is 16.2. The fourth-order valence-corrected chi connectivity index (χ4v) is 3.04. The SMILES string of the molecule is O=[N+]([O-])c1ccc(CCNCC2CCCCC2)c(Cl)c1. The smallest absolute Gasteiger partial charge is 0.270 e. The minimum Gasteiger partial charge on any atom is -0.316 e. The summed E-state index contributed by atoms with van der Waals surface area (Å²) in [6.45, 7) is 1.94. The molecule has 0 bridgehead atoms. The van der Waals surface area contributed by atoms with Crippen LogP contribution in [0.2, 0.25) is 5.02 Å². The highest BCUT2D eigenvalue weighted by Gasteiger charge is 2.13. The van der Waals surface area contributed by atoms with Crippen molar-refractivity contribution < 1.29 is 4.92 Å². The van der Waals surface area contributed by atoms with Gasteiger partial charge < -0.3 is 5.32 Å². The molecule has 0 aliphatic heterocycles. The van der Waals surface area contributed by atoms with Crippen LogP contribution in [-0.4, -0.2) is 18.0 Å². The van der Waals surface area contributed by atoms with Crippen LogP contribution in [0.25, 0.3) is 0 Å². The van der Waals surface area contributed by atoms with Crippen molar-refractivity contribution in [1.82, 2.24) is 5.32 Å². The predicted octanol–water partition coefficient (Wildman–Crippen LogP) is 3.96. The Morgan fingerprint density at radius 1 is 1.30 bits per heavy atom. The Labute approximate surface area is 124 Å². The lowest BCUT2D eigenvalue weighted by Gasteiger charge is -2.21. The molecule has 1 N–H and O–H groups in total. The molecule has 2 rings (SSSR count). The van der Waals surface area contributed by atoms with Gasteiger partial charge in [-0.25, -0.2) is 0 Å². The Morgan fingerprint density at radius 2 is 2.05 bits per heavy atom. The number of non-ortho nitro benzene ring substituents is 1. The maximum absolute atomic E-state index is 10.6. The summed E-state index contributed by atoms with van der Waals surface area (Å²) in [5.74, 6) is 0.816. The molecule has 0 atom stereocenters. The van der Waals surface area contributed by atoms with E-state index in [0.717, 1.165) is 31.0 Å².